The van der Waals surface area contributed by atoms with Crippen LogP contribution in [-0.2, 0) is 11.2 Å². The molecule has 0 radical (unpaired) electrons. The number of nitrogens with zero attached hydrogens (tertiary/aromatic N) is 3. The Balaban J connectivity index is 1.91. The minimum absolute atomic E-state index is 0.648. The van der Waals surface area contributed by atoms with Crippen molar-refractivity contribution in [3.8, 4) is 0 Å². The maximum Gasteiger partial charge on any atom is 0.224 e. The molecule has 1 aliphatic heterocycles. The molecule has 2 aromatic rings. The molecule has 1 fully saturated rings. The fraction of sp³-hybridized carbons (Fsp3) is 0.333. The molecule has 0 spiro atoms. The highest BCUT2D eigenvalue weighted by atomic mass is 32.1. The van der Waals surface area contributed by atoms with Gasteiger partial charge in [0.15, 0.2) is 5.69 Å². The second-order valence-corrected chi connectivity index (χ2v) is 6.66. The van der Waals surface area contributed by atoms with E-state index >= 15 is 0 Å². The van der Waals surface area contributed by atoms with Crippen molar-refractivity contribution in [1.82, 2.24) is 0 Å². The van der Waals surface area contributed by atoms with Gasteiger partial charge in [0.2, 0.25) is 5.69 Å². The Labute approximate surface area is 140 Å². The molecule has 116 valence electrons. The number of anilines is 1. The molecule has 4 nitrogen and oxygen atoms in total. The van der Waals surface area contributed by atoms with Crippen molar-refractivity contribution in [2.75, 3.05) is 31.2 Å². The fourth-order valence-electron chi connectivity index (χ4n) is 2.75. The molecule has 0 amide bonds. The largest absolute Gasteiger partial charge is 0.378 e. The first-order chi connectivity index (χ1) is 11.2. The zero-order valence-corrected chi connectivity index (χ0v) is 13.8. The SMILES string of the molecule is [C-]#[N+]c1ccc(Cc2c(C)sc(N3CCOCC3)c2[N+]#[C-])cc1. The van der Waals surface area contributed by atoms with Gasteiger partial charge >= 0.3 is 0 Å². The van der Waals surface area contributed by atoms with E-state index in [9.17, 15) is 0 Å². The minimum Gasteiger partial charge on any atom is -0.378 e. The van der Waals surface area contributed by atoms with Crippen molar-refractivity contribution >= 4 is 27.7 Å². The van der Waals surface area contributed by atoms with Crippen LogP contribution in [0.3, 0.4) is 0 Å². The Morgan fingerprint density at radius 3 is 2.43 bits per heavy atom. The predicted molar refractivity (Wildman–Crippen MR) is 93.9 cm³/mol. The molecule has 2 heterocycles. The van der Waals surface area contributed by atoms with E-state index in [4.69, 9.17) is 17.9 Å². The lowest BCUT2D eigenvalue weighted by atomic mass is 10.0. The smallest absolute Gasteiger partial charge is 0.224 e. The summed E-state index contributed by atoms with van der Waals surface area (Å²) in [5.74, 6) is 0. The van der Waals surface area contributed by atoms with Crippen LogP contribution < -0.4 is 4.90 Å². The zero-order chi connectivity index (χ0) is 16.2. The molecule has 1 aromatic carbocycles. The molecule has 5 heteroatoms. The molecular formula is C18H17N3OS. The number of ether oxygens (including phenoxy) is 1. The van der Waals surface area contributed by atoms with Gasteiger partial charge in [0.25, 0.3) is 0 Å². The lowest BCUT2D eigenvalue weighted by molar-refractivity contribution is 0.123. The van der Waals surface area contributed by atoms with E-state index < -0.39 is 0 Å². The summed E-state index contributed by atoms with van der Waals surface area (Å²) in [6.07, 6.45) is 0.739. The van der Waals surface area contributed by atoms with Crippen LogP contribution in [0.2, 0.25) is 0 Å². The summed E-state index contributed by atoms with van der Waals surface area (Å²) < 4.78 is 5.41. The first kappa shape index (κ1) is 15.6. The molecule has 23 heavy (non-hydrogen) atoms. The maximum atomic E-state index is 7.62. The third-order valence-electron chi connectivity index (χ3n) is 4.02. The van der Waals surface area contributed by atoms with Crippen LogP contribution in [0.4, 0.5) is 16.4 Å². The van der Waals surface area contributed by atoms with E-state index in [-0.39, 0.29) is 0 Å². The van der Waals surface area contributed by atoms with Crippen molar-refractivity contribution in [1.29, 1.82) is 0 Å². The third kappa shape index (κ3) is 3.22. The zero-order valence-electron chi connectivity index (χ0n) is 13.0. The summed E-state index contributed by atoms with van der Waals surface area (Å²) in [5, 5.41) is 1.08. The van der Waals surface area contributed by atoms with Crippen LogP contribution in [0.15, 0.2) is 24.3 Å². The van der Waals surface area contributed by atoms with Crippen LogP contribution >= 0.6 is 11.3 Å². The Kier molecular flexibility index (Phi) is 4.62. The summed E-state index contributed by atoms with van der Waals surface area (Å²) in [6, 6.07) is 7.63. The summed E-state index contributed by atoms with van der Waals surface area (Å²) >= 11 is 1.71. The number of benzene rings is 1. The summed E-state index contributed by atoms with van der Waals surface area (Å²) in [5.41, 5.74) is 3.68. The van der Waals surface area contributed by atoms with Crippen molar-refractivity contribution < 1.29 is 4.74 Å². The van der Waals surface area contributed by atoms with Gasteiger partial charge in [-0.15, -0.1) is 11.3 Å². The van der Waals surface area contributed by atoms with E-state index in [1.807, 2.05) is 24.3 Å². The standard InChI is InChI=1S/C18H17N3OS/c1-13-16(12-14-4-6-15(19-2)7-5-14)17(20-3)18(23-13)21-8-10-22-11-9-21/h4-7H,8-12H2,1H3. The Morgan fingerprint density at radius 2 is 1.83 bits per heavy atom. The molecule has 0 bridgehead atoms. The molecule has 3 rings (SSSR count). The summed E-state index contributed by atoms with van der Waals surface area (Å²) in [7, 11) is 0. The van der Waals surface area contributed by atoms with Crippen LogP contribution in [0.5, 0.6) is 0 Å². The number of rotatable bonds is 3. The highest BCUT2D eigenvalue weighted by Crippen LogP contribution is 2.43. The van der Waals surface area contributed by atoms with Gasteiger partial charge in [-0.2, -0.15) is 0 Å². The molecular weight excluding hydrogens is 306 g/mol. The molecule has 0 saturated carbocycles. The number of thiophene rings is 1. The lowest BCUT2D eigenvalue weighted by Crippen LogP contribution is -2.35. The van der Waals surface area contributed by atoms with Crippen LogP contribution in [0.1, 0.15) is 16.0 Å². The van der Waals surface area contributed by atoms with Crippen molar-refractivity contribution in [2.24, 2.45) is 0 Å². The molecule has 1 saturated heterocycles. The molecule has 1 aliphatic rings. The van der Waals surface area contributed by atoms with E-state index in [0.29, 0.717) is 5.69 Å². The van der Waals surface area contributed by atoms with E-state index in [0.717, 1.165) is 54.5 Å². The Bertz CT molecular complexity index is 774. The number of aryl methyl sites for hydroxylation is 1. The van der Waals surface area contributed by atoms with Crippen LogP contribution in [-0.4, -0.2) is 26.3 Å². The second-order valence-electron chi connectivity index (χ2n) is 5.46. The van der Waals surface area contributed by atoms with Crippen molar-refractivity contribution in [2.45, 2.75) is 13.3 Å². The van der Waals surface area contributed by atoms with Gasteiger partial charge in [0.1, 0.15) is 0 Å². The van der Waals surface area contributed by atoms with E-state index in [1.165, 1.54) is 4.88 Å². The highest BCUT2D eigenvalue weighted by molar-refractivity contribution is 7.17. The van der Waals surface area contributed by atoms with Gasteiger partial charge < -0.3 is 9.64 Å². The summed E-state index contributed by atoms with van der Waals surface area (Å²) in [6.45, 7) is 19.9. The number of hydrogen-bond acceptors (Lipinski definition) is 3. The predicted octanol–water partition coefficient (Wildman–Crippen LogP) is 4.59. The molecule has 0 atom stereocenters. The minimum atomic E-state index is 0.648. The van der Waals surface area contributed by atoms with Gasteiger partial charge in [0.05, 0.1) is 31.4 Å². The van der Waals surface area contributed by atoms with E-state index in [1.54, 1.807) is 11.3 Å². The van der Waals surface area contributed by atoms with Crippen LogP contribution in [0.25, 0.3) is 9.69 Å². The monoisotopic (exact) mass is 323 g/mol. The van der Waals surface area contributed by atoms with Gasteiger partial charge in [-0.1, -0.05) is 24.3 Å². The normalized spacial score (nSPS) is 14.3. The summed E-state index contributed by atoms with van der Waals surface area (Å²) in [4.78, 5) is 10.7. The maximum absolute atomic E-state index is 7.62. The number of hydrogen-bond donors (Lipinski definition) is 0. The lowest BCUT2D eigenvalue weighted by Gasteiger charge is -2.28. The first-order valence-corrected chi connectivity index (χ1v) is 8.33. The molecule has 0 N–H and O–H groups in total. The topological polar surface area (TPSA) is 21.2 Å². The molecule has 1 aromatic heterocycles. The Hall–Kier alpha value is -2.34. The quantitative estimate of drug-likeness (QED) is 0.771. The number of morpholine rings is 1. The second kappa shape index (κ2) is 6.83. The first-order valence-electron chi connectivity index (χ1n) is 7.51. The van der Waals surface area contributed by atoms with Crippen molar-refractivity contribution in [3.63, 3.8) is 0 Å². The van der Waals surface area contributed by atoms with Crippen molar-refractivity contribution in [3.05, 3.63) is 63.1 Å². The van der Waals surface area contributed by atoms with E-state index in [2.05, 4.69) is 21.5 Å². The molecule has 0 aliphatic carbocycles. The van der Waals surface area contributed by atoms with Gasteiger partial charge in [-0.05, 0) is 29.3 Å². The average molecular weight is 323 g/mol. The Morgan fingerprint density at radius 1 is 1.13 bits per heavy atom. The average Bonchev–Trinajstić information content (AvgIpc) is 2.92. The highest BCUT2D eigenvalue weighted by Gasteiger charge is 2.22. The van der Waals surface area contributed by atoms with Gasteiger partial charge in [-0.25, -0.2) is 9.69 Å². The molecule has 0 unspecified atom stereocenters. The third-order valence-corrected chi connectivity index (χ3v) is 5.22. The van der Waals surface area contributed by atoms with Crippen LogP contribution in [0, 0.1) is 20.1 Å². The van der Waals surface area contributed by atoms with Gasteiger partial charge in [0, 0.05) is 13.1 Å². The van der Waals surface area contributed by atoms with Gasteiger partial charge in [-0.3, -0.25) is 0 Å². The fourth-order valence-corrected chi connectivity index (χ4v) is 3.91.